The van der Waals surface area contributed by atoms with Crippen LogP contribution < -0.4 is 16.6 Å². The molecule has 2 heterocycles. The zero-order valence-electron chi connectivity index (χ0n) is 10.5. The molecular formula is C12H17N5S. The molecule has 0 aliphatic heterocycles. The first kappa shape index (κ1) is 12.8. The van der Waals surface area contributed by atoms with E-state index in [0.717, 1.165) is 17.8 Å². The summed E-state index contributed by atoms with van der Waals surface area (Å²) in [6.45, 7) is 4.17. The number of aromatic nitrogens is 2. The van der Waals surface area contributed by atoms with Gasteiger partial charge in [-0.15, -0.1) is 11.3 Å². The third-order valence-corrected chi connectivity index (χ3v) is 3.81. The lowest BCUT2D eigenvalue weighted by Gasteiger charge is -2.16. The van der Waals surface area contributed by atoms with Gasteiger partial charge in [-0.3, -0.25) is 0 Å². The van der Waals surface area contributed by atoms with E-state index < -0.39 is 0 Å². The van der Waals surface area contributed by atoms with Crippen molar-refractivity contribution in [1.29, 1.82) is 0 Å². The first-order chi connectivity index (χ1) is 8.76. The lowest BCUT2D eigenvalue weighted by atomic mass is 10.2. The van der Waals surface area contributed by atoms with Crippen molar-refractivity contribution in [1.82, 2.24) is 9.97 Å². The molecule has 1 unspecified atom stereocenters. The van der Waals surface area contributed by atoms with Crippen LogP contribution in [0.15, 0.2) is 23.8 Å². The van der Waals surface area contributed by atoms with Gasteiger partial charge >= 0.3 is 0 Å². The largest absolute Gasteiger partial charge is 0.362 e. The van der Waals surface area contributed by atoms with Gasteiger partial charge in [0.15, 0.2) is 0 Å². The van der Waals surface area contributed by atoms with E-state index in [1.54, 1.807) is 11.3 Å². The van der Waals surface area contributed by atoms with Crippen LogP contribution in [-0.4, -0.2) is 9.97 Å². The fourth-order valence-corrected chi connectivity index (χ4v) is 2.54. The van der Waals surface area contributed by atoms with E-state index in [1.807, 2.05) is 6.07 Å². The molecule has 96 valence electrons. The zero-order valence-corrected chi connectivity index (χ0v) is 11.3. The Balaban J connectivity index is 2.23. The van der Waals surface area contributed by atoms with Crippen LogP contribution in [0.4, 0.5) is 11.6 Å². The highest BCUT2D eigenvalue weighted by molar-refractivity contribution is 7.10. The number of hydrazine groups is 1. The van der Waals surface area contributed by atoms with E-state index in [0.29, 0.717) is 5.82 Å². The smallest absolute Gasteiger partial charge is 0.148 e. The summed E-state index contributed by atoms with van der Waals surface area (Å²) in [6.07, 6.45) is 2.33. The van der Waals surface area contributed by atoms with Crippen molar-refractivity contribution in [3.8, 4) is 0 Å². The van der Waals surface area contributed by atoms with Crippen LogP contribution in [0.5, 0.6) is 0 Å². The molecule has 0 bridgehead atoms. The third-order valence-electron chi connectivity index (χ3n) is 2.76. The molecule has 4 N–H and O–H groups in total. The topological polar surface area (TPSA) is 75.9 Å². The summed E-state index contributed by atoms with van der Waals surface area (Å²) in [4.78, 5) is 9.68. The van der Waals surface area contributed by atoms with Crippen molar-refractivity contribution in [3.05, 3.63) is 34.3 Å². The standard InChI is InChI=1S/C12H17N5S/c1-3-9-11(14-7-15-12(9)17-13)16-8(2)10-5-4-6-18-10/h4-8H,3,13H2,1-2H3,(H2,14,15,16,17). The maximum Gasteiger partial charge on any atom is 0.148 e. The van der Waals surface area contributed by atoms with E-state index in [1.165, 1.54) is 11.2 Å². The molecule has 2 aromatic heterocycles. The highest BCUT2D eigenvalue weighted by Crippen LogP contribution is 2.26. The summed E-state index contributed by atoms with van der Waals surface area (Å²) in [6, 6.07) is 4.37. The second-order valence-corrected chi connectivity index (χ2v) is 4.91. The number of hydrogen-bond acceptors (Lipinski definition) is 6. The van der Waals surface area contributed by atoms with Crippen molar-refractivity contribution < 1.29 is 0 Å². The second-order valence-electron chi connectivity index (χ2n) is 3.93. The molecule has 1 atom stereocenters. The average molecular weight is 263 g/mol. The fourth-order valence-electron chi connectivity index (χ4n) is 1.81. The first-order valence-electron chi connectivity index (χ1n) is 5.86. The van der Waals surface area contributed by atoms with Gasteiger partial charge in [-0.2, -0.15) is 0 Å². The van der Waals surface area contributed by atoms with Crippen LogP contribution in [0.25, 0.3) is 0 Å². The van der Waals surface area contributed by atoms with Gasteiger partial charge in [0.25, 0.3) is 0 Å². The molecule has 0 saturated carbocycles. The first-order valence-corrected chi connectivity index (χ1v) is 6.74. The molecule has 18 heavy (non-hydrogen) atoms. The average Bonchev–Trinajstić information content (AvgIpc) is 2.92. The van der Waals surface area contributed by atoms with Crippen molar-refractivity contribution >= 4 is 23.0 Å². The minimum atomic E-state index is 0.218. The van der Waals surface area contributed by atoms with Crippen LogP contribution >= 0.6 is 11.3 Å². The van der Waals surface area contributed by atoms with Gasteiger partial charge in [-0.05, 0) is 24.8 Å². The van der Waals surface area contributed by atoms with Crippen LogP contribution in [-0.2, 0) is 6.42 Å². The summed E-state index contributed by atoms with van der Waals surface area (Å²) in [5.74, 6) is 6.96. The lowest BCUT2D eigenvalue weighted by Crippen LogP contribution is -2.15. The van der Waals surface area contributed by atoms with Gasteiger partial charge in [-0.25, -0.2) is 15.8 Å². The van der Waals surface area contributed by atoms with E-state index >= 15 is 0 Å². The Hall–Kier alpha value is -1.66. The third kappa shape index (κ3) is 2.60. The Labute approximate surface area is 110 Å². The van der Waals surface area contributed by atoms with Crippen LogP contribution in [0.2, 0.25) is 0 Å². The van der Waals surface area contributed by atoms with Crippen molar-refractivity contribution in [3.63, 3.8) is 0 Å². The molecule has 0 fully saturated rings. The summed E-state index contributed by atoms with van der Waals surface area (Å²) >= 11 is 1.73. The number of anilines is 2. The predicted molar refractivity (Wildman–Crippen MR) is 75.6 cm³/mol. The van der Waals surface area contributed by atoms with Crippen molar-refractivity contribution in [2.45, 2.75) is 26.3 Å². The Morgan fingerprint density at radius 1 is 1.39 bits per heavy atom. The number of nitrogens with one attached hydrogen (secondary N) is 2. The molecule has 2 rings (SSSR count). The molecule has 0 radical (unpaired) electrons. The Bertz CT molecular complexity index is 497. The van der Waals surface area contributed by atoms with Gasteiger partial charge in [-0.1, -0.05) is 13.0 Å². The molecule has 6 heteroatoms. The predicted octanol–water partition coefficient (Wildman–Crippen LogP) is 2.56. The Morgan fingerprint density at radius 2 is 2.17 bits per heavy atom. The SMILES string of the molecule is CCc1c(NN)ncnc1NC(C)c1cccs1. The molecule has 0 aliphatic carbocycles. The number of hydrogen-bond donors (Lipinski definition) is 3. The van der Waals surface area contributed by atoms with Gasteiger partial charge < -0.3 is 10.7 Å². The molecule has 0 aliphatic rings. The normalized spacial score (nSPS) is 12.2. The summed E-state index contributed by atoms with van der Waals surface area (Å²) < 4.78 is 0. The molecule has 5 nitrogen and oxygen atoms in total. The van der Waals surface area contributed by atoms with E-state index in [4.69, 9.17) is 5.84 Å². The van der Waals surface area contributed by atoms with E-state index in [-0.39, 0.29) is 6.04 Å². The summed E-state index contributed by atoms with van der Waals surface area (Å²) in [5, 5.41) is 5.47. The quantitative estimate of drug-likeness (QED) is 0.571. The maximum absolute atomic E-state index is 5.45. The van der Waals surface area contributed by atoms with Gasteiger partial charge in [0, 0.05) is 10.4 Å². The maximum atomic E-state index is 5.45. The lowest BCUT2D eigenvalue weighted by molar-refractivity contribution is 0.881. The van der Waals surface area contributed by atoms with Crippen LogP contribution in [0, 0.1) is 0 Å². The molecule has 2 aromatic rings. The van der Waals surface area contributed by atoms with Crippen molar-refractivity contribution in [2.75, 3.05) is 10.7 Å². The molecular weight excluding hydrogens is 246 g/mol. The molecule has 0 aromatic carbocycles. The molecule has 0 amide bonds. The monoisotopic (exact) mass is 263 g/mol. The zero-order chi connectivity index (χ0) is 13.0. The minimum absolute atomic E-state index is 0.218. The highest BCUT2D eigenvalue weighted by atomic mass is 32.1. The number of nitrogens with two attached hydrogens (primary N) is 1. The Morgan fingerprint density at radius 3 is 2.78 bits per heavy atom. The second kappa shape index (κ2) is 5.79. The van der Waals surface area contributed by atoms with Gasteiger partial charge in [0.05, 0.1) is 6.04 Å². The van der Waals surface area contributed by atoms with Gasteiger partial charge in [0.2, 0.25) is 0 Å². The number of nitrogens with zero attached hydrogens (tertiary/aromatic N) is 2. The van der Waals surface area contributed by atoms with E-state index in [9.17, 15) is 0 Å². The number of thiophene rings is 1. The number of rotatable bonds is 5. The molecule has 0 spiro atoms. The Kier molecular flexibility index (Phi) is 4.11. The van der Waals surface area contributed by atoms with Crippen LogP contribution in [0.3, 0.4) is 0 Å². The fraction of sp³-hybridized carbons (Fsp3) is 0.333. The highest BCUT2D eigenvalue weighted by Gasteiger charge is 2.12. The van der Waals surface area contributed by atoms with Crippen LogP contribution in [0.1, 0.15) is 30.3 Å². The van der Waals surface area contributed by atoms with Crippen molar-refractivity contribution in [2.24, 2.45) is 5.84 Å². The minimum Gasteiger partial charge on any atom is -0.362 e. The summed E-state index contributed by atoms with van der Waals surface area (Å²) in [5.41, 5.74) is 3.61. The number of nitrogen functional groups attached to an aromatic ring is 1. The molecule has 0 saturated heterocycles. The summed E-state index contributed by atoms with van der Waals surface area (Å²) in [7, 11) is 0. The van der Waals surface area contributed by atoms with E-state index in [2.05, 4.69) is 46.0 Å². The van der Waals surface area contributed by atoms with Gasteiger partial charge in [0.1, 0.15) is 18.0 Å².